The van der Waals surface area contributed by atoms with Gasteiger partial charge in [-0.3, -0.25) is 4.68 Å². The van der Waals surface area contributed by atoms with Crippen molar-refractivity contribution in [3.63, 3.8) is 0 Å². The SMILES string of the molecule is CCCNC(CO)(CCn1ccc(C)n1)c1ccccc1. The summed E-state index contributed by atoms with van der Waals surface area (Å²) in [5.41, 5.74) is 1.74. The van der Waals surface area contributed by atoms with Crippen LogP contribution in [0.4, 0.5) is 0 Å². The molecule has 2 aromatic rings. The number of rotatable bonds is 8. The Bertz CT molecular complexity index is 538. The van der Waals surface area contributed by atoms with E-state index in [0.717, 1.165) is 37.2 Å². The number of aryl methyl sites for hydroxylation is 2. The fourth-order valence-corrected chi connectivity index (χ4v) is 2.58. The van der Waals surface area contributed by atoms with E-state index in [2.05, 4.69) is 29.5 Å². The first-order chi connectivity index (χ1) is 10.2. The average molecular weight is 287 g/mol. The standard InChI is InChI=1S/C17H25N3O/c1-3-11-18-17(14-21,16-7-5-4-6-8-16)10-13-20-12-9-15(2)19-20/h4-9,12,18,21H,3,10-11,13-14H2,1-2H3. The van der Waals surface area contributed by atoms with Gasteiger partial charge in [-0.15, -0.1) is 0 Å². The van der Waals surface area contributed by atoms with Gasteiger partial charge in [0.05, 0.1) is 17.8 Å². The molecule has 0 spiro atoms. The molecule has 1 aromatic carbocycles. The molecule has 2 N–H and O–H groups in total. The molecule has 0 saturated heterocycles. The largest absolute Gasteiger partial charge is 0.394 e. The molecule has 2 rings (SSSR count). The highest BCUT2D eigenvalue weighted by Gasteiger charge is 2.30. The number of nitrogens with zero attached hydrogens (tertiary/aromatic N) is 2. The summed E-state index contributed by atoms with van der Waals surface area (Å²) >= 11 is 0. The van der Waals surface area contributed by atoms with Gasteiger partial charge in [0.2, 0.25) is 0 Å². The third-order valence-corrected chi connectivity index (χ3v) is 3.85. The van der Waals surface area contributed by atoms with Gasteiger partial charge in [-0.1, -0.05) is 37.3 Å². The lowest BCUT2D eigenvalue weighted by atomic mass is 9.87. The third-order valence-electron chi connectivity index (χ3n) is 3.85. The van der Waals surface area contributed by atoms with Crippen LogP contribution >= 0.6 is 0 Å². The first-order valence-electron chi connectivity index (χ1n) is 7.61. The molecule has 0 aliphatic carbocycles. The summed E-state index contributed by atoms with van der Waals surface area (Å²) in [7, 11) is 0. The van der Waals surface area contributed by atoms with Crippen LogP contribution in [0.2, 0.25) is 0 Å². The van der Waals surface area contributed by atoms with Gasteiger partial charge in [0.1, 0.15) is 0 Å². The summed E-state index contributed by atoms with van der Waals surface area (Å²) in [5, 5.41) is 18.0. The number of aromatic nitrogens is 2. The van der Waals surface area contributed by atoms with Crippen LogP contribution in [0, 0.1) is 6.92 Å². The van der Waals surface area contributed by atoms with Crippen molar-refractivity contribution in [2.45, 2.75) is 38.8 Å². The Morgan fingerprint density at radius 1 is 1.24 bits per heavy atom. The summed E-state index contributed by atoms with van der Waals surface area (Å²) in [6, 6.07) is 12.2. The van der Waals surface area contributed by atoms with E-state index in [0.29, 0.717) is 0 Å². The lowest BCUT2D eigenvalue weighted by Crippen LogP contribution is -2.46. The van der Waals surface area contributed by atoms with E-state index in [-0.39, 0.29) is 6.61 Å². The van der Waals surface area contributed by atoms with Crippen LogP contribution in [-0.2, 0) is 12.1 Å². The Hall–Kier alpha value is -1.65. The summed E-state index contributed by atoms with van der Waals surface area (Å²) < 4.78 is 1.94. The maximum Gasteiger partial charge on any atom is 0.0686 e. The summed E-state index contributed by atoms with van der Waals surface area (Å²) in [5.74, 6) is 0. The summed E-state index contributed by atoms with van der Waals surface area (Å²) in [4.78, 5) is 0. The highest BCUT2D eigenvalue weighted by atomic mass is 16.3. The molecule has 4 heteroatoms. The predicted octanol–water partition coefficient (Wildman–Crippen LogP) is 2.47. The van der Waals surface area contributed by atoms with Crippen molar-refractivity contribution >= 4 is 0 Å². The van der Waals surface area contributed by atoms with Crippen molar-refractivity contribution in [2.75, 3.05) is 13.2 Å². The molecule has 1 atom stereocenters. The molecule has 0 saturated carbocycles. The summed E-state index contributed by atoms with van der Waals surface area (Å²) in [6.45, 7) is 5.87. The molecule has 0 bridgehead atoms. The molecule has 0 radical (unpaired) electrons. The Morgan fingerprint density at radius 3 is 2.57 bits per heavy atom. The normalized spacial score (nSPS) is 14.0. The van der Waals surface area contributed by atoms with E-state index in [1.165, 1.54) is 0 Å². The maximum atomic E-state index is 10.0. The molecule has 1 aromatic heterocycles. The molecule has 21 heavy (non-hydrogen) atoms. The van der Waals surface area contributed by atoms with Crippen molar-refractivity contribution in [3.05, 3.63) is 53.9 Å². The van der Waals surface area contributed by atoms with Gasteiger partial charge in [0.15, 0.2) is 0 Å². The Morgan fingerprint density at radius 2 is 2.00 bits per heavy atom. The highest BCUT2D eigenvalue weighted by Crippen LogP contribution is 2.25. The number of nitrogens with one attached hydrogen (secondary N) is 1. The van der Waals surface area contributed by atoms with Gasteiger partial charge in [-0.2, -0.15) is 5.10 Å². The van der Waals surface area contributed by atoms with Gasteiger partial charge in [0, 0.05) is 12.7 Å². The number of aliphatic hydroxyl groups excluding tert-OH is 1. The molecule has 114 valence electrons. The zero-order chi connectivity index (χ0) is 15.1. The van der Waals surface area contributed by atoms with Crippen molar-refractivity contribution in [3.8, 4) is 0 Å². The van der Waals surface area contributed by atoms with Crippen LogP contribution in [0.1, 0.15) is 31.0 Å². The minimum absolute atomic E-state index is 0.0806. The lowest BCUT2D eigenvalue weighted by Gasteiger charge is -2.34. The second-order valence-corrected chi connectivity index (χ2v) is 5.50. The first-order valence-corrected chi connectivity index (χ1v) is 7.61. The van der Waals surface area contributed by atoms with Gasteiger partial charge in [-0.25, -0.2) is 0 Å². The van der Waals surface area contributed by atoms with Crippen LogP contribution in [0.25, 0.3) is 0 Å². The zero-order valence-electron chi connectivity index (χ0n) is 12.9. The van der Waals surface area contributed by atoms with E-state index in [9.17, 15) is 5.11 Å². The number of hydrogen-bond donors (Lipinski definition) is 2. The van der Waals surface area contributed by atoms with Crippen LogP contribution < -0.4 is 5.32 Å². The van der Waals surface area contributed by atoms with Gasteiger partial charge in [0.25, 0.3) is 0 Å². The van der Waals surface area contributed by atoms with Crippen LogP contribution in [0.3, 0.4) is 0 Å². The minimum Gasteiger partial charge on any atom is -0.394 e. The average Bonchev–Trinajstić information content (AvgIpc) is 2.95. The molecule has 0 aliphatic heterocycles. The van der Waals surface area contributed by atoms with Crippen LogP contribution in [0.5, 0.6) is 0 Å². The molecule has 0 aliphatic rings. The lowest BCUT2D eigenvalue weighted by molar-refractivity contribution is 0.144. The Labute approximate surface area is 126 Å². The molecular weight excluding hydrogens is 262 g/mol. The predicted molar refractivity (Wildman–Crippen MR) is 85.1 cm³/mol. The zero-order valence-corrected chi connectivity index (χ0v) is 12.9. The van der Waals surface area contributed by atoms with E-state index in [4.69, 9.17) is 0 Å². The van der Waals surface area contributed by atoms with Crippen LogP contribution in [-0.4, -0.2) is 28.0 Å². The van der Waals surface area contributed by atoms with Crippen molar-refractivity contribution in [2.24, 2.45) is 0 Å². The van der Waals surface area contributed by atoms with Crippen molar-refractivity contribution in [1.82, 2.24) is 15.1 Å². The van der Waals surface area contributed by atoms with Gasteiger partial charge < -0.3 is 10.4 Å². The monoisotopic (exact) mass is 287 g/mol. The number of aliphatic hydroxyl groups is 1. The Kier molecular flexibility index (Phi) is 5.53. The van der Waals surface area contributed by atoms with E-state index in [1.807, 2.05) is 42.1 Å². The second kappa shape index (κ2) is 7.38. The fraction of sp³-hybridized carbons (Fsp3) is 0.471. The van der Waals surface area contributed by atoms with Crippen molar-refractivity contribution in [1.29, 1.82) is 0 Å². The first kappa shape index (κ1) is 15.7. The third kappa shape index (κ3) is 3.93. The highest BCUT2D eigenvalue weighted by molar-refractivity contribution is 5.24. The molecule has 0 fully saturated rings. The van der Waals surface area contributed by atoms with Gasteiger partial charge >= 0.3 is 0 Å². The van der Waals surface area contributed by atoms with Gasteiger partial charge in [-0.05, 0) is 37.9 Å². The molecular formula is C17H25N3O. The quantitative estimate of drug-likeness (QED) is 0.784. The van der Waals surface area contributed by atoms with E-state index in [1.54, 1.807) is 0 Å². The number of benzene rings is 1. The van der Waals surface area contributed by atoms with Crippen molar-refractivity contribution < 1.29 is 5.11 Å². The topological polar surface area (TPSA) is 50.1 Å². The molecule has 4 nitrogen and oxygen atoms in total. The summed E-state index contributed by atoms with van der Waals surface area (Å²) in [6.07, 6.45) is 3.83. The fourth-order valence-electron chi connectivity index (χ4n) is 2.58. The Balaban J connectivity index is 2.18. The molecule has 1 heterocycles. The molecule has 1 unspecified atom stereocenters. The minimum atomic E-state index is -0.406. The van der Waals surface area contributed by atoms with Crippen LogP contribution in [0.15, 0.2) is 42.6 Å². The smallest absolute Gasteiger partial charge is 0.0686 e. The van der Waals surface area contributed by atoms with E-state index < -0.39 is 5.54 Å². The number of hydrogen-bond acceptors (Lipinski definition) is 3. The molecule has 0 amide bonds. The maximum absolute atomic E-state index is 10.0. The van der Waals surface area contributed by atoms with E-state index >= 15 is 0 Å². The second-order valence-electron chi connectivity index (χ2n) is 5.50.